The van der Waals surface area contributed by atoms with Crippen molar-refractivity contribution in [1.29, 1.82) is 0 Å². The quantitative estimate of drug-likeness (QED) is 0.916. The second kappa shape index (κ2) is 5.70. The molecule has 20 heavy (non-hydrogen) atoms. The van der Waals surface area contributed by atoms with Crippen molar-refractivity contribution in [2.45, 2.75) is 25.9 Å². The number of nitrogens with zero attached hydrogens (tertiary/aromatic N) is 2. The molecule has 3 nitrogen and oxygen atoms in total. The van der Waals surface area contributed by atoms with Crippen LogP contribution in [0.1, 0.15) is 31.4 Å². The van der Waals surface area contributed by atoms with Gasteiger partial charge < -0.3 is 10.0 Å². The SMILES string of the molecule is C[C@H](O)c1cccc(F)c1N1CCN(CC2CC2)CC1. The van der Waals surface area contributed by atoms with E-state index in [1.165, 1.54) is 25.5 Å². The molecular formula is C16H23FN2O. The van der Waals surface area contributed by atoms with Crippen LogP contribution in [-0.2, 0) is 0 Å². The lowest BCUT2D eigenvalue weighted by atomic mass is 10.1. The fraction of sp³-hybridized carbons (Fsp3) is 0.625. The van der Waals surface area contributed by atoms with Crippen molar-refractivity contribution >= 4 is 5.69 Å². The first-order valence-electron chi connectivity index (χ1n) is 7.59. The summed E-state index contributed by atoms with van der Waals surface area (Å²) < 4.78 is 14.1. The normalized spacial score (nSPS) is 22.1. The zero-order valence-corrected chi connectivity index (χ0v) is 12.1. The van der Waals surface area contributed by atoms with Crippen molar-refractivity contribution in [2.75, 3.05) is 37.6 Å². The Kier molecular flexibility index (Phi) is 3.94. The summed E-state index contributed by atoms with van der Waals surface area (Å²) in [6.07, 6.45) is 2.12. The molecule has 1 aliphatic heterocycles. The van der Waals surface area contributed by atoms with Crippen molar-refractivity contribution in [3.05, 3.63) is 29.6 Å². The third-order valence-corrected chi connectivity index (χ3v) is 4.37. The lowest BCUT2D eigenvalue weighted by Crippen LogP contribution is -2.47. The lowest BCUT2D eigenvalue weighted by Gasteiger charge is -2.37. The molecule has 0 unspecified atom stereocenters. The molecule has 0 amide bonds. The Balaban J connectivity index is 1.70. The van der Waals surface area contributed by atoms with E-state index in [2.05, 4.69) is 9.80 Å². The van der Waals surface area contributed by atoms with E-state index in [0.29, 0.717) is 11.3 Å². The predicted molar refractivity (Wildman–Crippen MR) is 78.4 cm³/mol. The van der Waals surface area contributed by atoms with E-state index in [1.807, 2.05) is 6.07 Å². The van der Waals surface area contributed by atoms with Gasteiger partial charge in [0.15, 0.2) is 0 Å². The van der Waals surface area contributed by atoms with Crippen LogP contribution in [0.2, 0.25) is 0 Å². The fourth-order valence-corrected chi connectivity index (χ4v) is 3.02. The molecule has 3 rings (SSSR count). The Hall–Kier alpha value is -1.13. The minimum absolute atomic E-state index is 0.223. The number of aliphatic hydroxyl groups excluding tert-OH is 1. The van der Waals surface area contributed by atoms with E-state index >= 15 is 0 Å². The number of rotatable bonds is 4. The first-order valence-corrected chi connectivity index (χ1v) is 7.59. The van der Waals surface area contributed by atoms with Gasteiger partial charge in [0.25, 0.3) is 0 Å². The average Bonchev–Trinajstić information content (AvgIpc) is 3.23. The van der Waals surface area contributed by atoms with Crippen LogP contribution < -0.4 is 4.90 Å². The molecule has 1 aliphatic carbocycles. The van der Waals surface area contributed by atoms with Crippen LogP contribution in [0.5, 0.6) is 0 Å². The third kappa shape index (κ3) is 2.96. The summed E-state index contributed by atoms with van der Waals surface area (Å²) in [6.45, 7) is 6.56. The van der Waals surface area contributed by atoms with E-state index in [9.17, 15) is 9.50 Å². The molecule has 1 aromatic carbocycles. The molecule has 1 atom stereocenters. The van der Waals surface area contributed by atoms with Crippen LogP contribution in [-0.4, -0.2) is 42.7 Å². The van der Waals surface area contributed by atoms with Gasteiger partial charge in [-0.3, -0.25) is 4.90 Å². The smallest absolute Gasteiger partial charge is 0.146 e. The molecule has 2 fully saturated rings. The molecule has 2 aliphatic rings. The number of hydrogen-bond acceptors (Lipinski definition) is 3. The highest BCUT2D eigenvalue weighted by Crippen LogP contribution is 2.32. The molecule has 110 valence electrons. The van der Waals surface area contributed by atoms with Crippen LogP contribution >= 0.6 is 0 Å². The van der Waals surface area contributed by atoms with E-state index in [-0.39, 0.29) is 5.82 Å². The van der Waals surface area contributed by atoms with Crippen molar-refractivity contribution in [3.63, 3.8) is 0 Å². The number of benzene rings is 1. The molecule has 0 radical (unpaired) electrons. The van der Waals surface area contributed by atoms with Crippen molar-refractivity contribution < 1.29 is 9.50 Å². The van der Waals surface area contributed by atoms with Gasteiger partial charge in [-0.2, -0.15) is 0 Å². The number of hydrogen-bond donors (Lipinski definition) is 1. The van der Waals surface area contributed by atoms with Crippen LogP contribution in [0, 0.1) is 11.7 Å². The molecule has 1 aromatic rings. The largest absolute Gasteiger partial charge is 0.389 e. The molecule has 1 N–H and O–H groups in total. The van der Waals surface area contributed by atoms with Gasteiger partial charge in [-0.1, -0.05) is 12.1 Å². The van der Waals surface area contributed by atoms with Gasteiger partial charge in [0.1, 0.15) is 5.82 Å². The number of aliphatic hydroxyl groups is 1. The Morgan fingerprint density at radius 3 is 2.55 bits per heavy atom. The van der Waals surface area contributed by atoms with Crippen molar-refractivity contribution in [2.24, 2.45) is 5.92 Å². The summed E-state index contributed by atoms with van der Waals surface area (Å²) >= 11 is 0. The molecule has 0 aromatic heterocycles. The van der Waals surface area contributed by atoms with E-state index in [4.69, 9.17) is 0 Å². The zero-order valence-electron chi connectivity index (χ0n) is 12.1. The number of halogens is 1. The summed E-state index contributed by atoms with van der Waals surface area (Å²) in [4.78, 5) is 4.57. The summed E-state index contributed by atoms with van der Waals surface area (Å²) in [5.74, 6) is 0.682. The van der Waals surface area contributed by atoms with Crippen molar-refractivity contribution in [1.82, 2.24) is 4.90 Å². The third-order valence-electron chi connectivity index (χ3n) is 4.37. The summed E-state index contributed by atoms with van der Waals surface area (Å²) in [7, 11) is 0. The first-order chi connectivity index (χ1) is 9.65. The first kappa shape index (κ1) is 13.8. The molecule has 1 saturated heterocycles. The minimum atomic E-state index is -0.634. The minimum Gasteiger partial charge on any atom is -0.389 e. The highest BCUT2D eigenvalue weighted by molar-refractivity contribution is 5.56. The fourth-order valence-electron chi connectivity index (χ4n) is 3.02. The van der Waals surface area contributed by atoms with Gasteiger partial charge in [-0.25, -0.2) is 4.39 Å². The maximum Gasteiger partial charge on any atom is 0.146 e. The van der Waals surface area contributed by atoms with Crippen LogP contribution in [0.15, 0.2) is 18.2 Å². The summed E-state index contributed by atoms with van der Waals surface area (Å²) in [5.41, 5.74) is 1.29. The van der Waals surface area contributed by atoms with Crippen molar-refractivity contribution in [3.8, 4) is 0 Å². The number of anilines is 1. The van der Waals surface area contributed by atoms with E-state index < -0.39 is 6.10 Å². The van der Waals surface area contributed by atoms with Gasteiger partial charge in [-0.15, -0.1) is 0 Å². The highest BCUT2D eigenvalue weighted by atomic mass is 19.1. The van der Waals surface area contributed by atoms with Gasteiger partial charge in [-0.05, 0) is 31.7 Å². The van der Waals surface area contributed by atoms with E-state index in [1.54, 1.807) is 13.0 Å². The second-order valence-electron chi connectivity index (χ2n) is 6.08. The maximum atomic E-state index is 14.1. The van der Waals surface area contributed by atoms with Crippen LogP contribution in [0.3, 0.4) is 0 Å². The van der Waals surface area contributed by atoms with Gasteiger partial charge in [0.2, 0.25) is 0 Å². The van der Waals surface area contributed by atoms with E-state index in [0.717, 1.165) is 32.1 Å². The van der Waals surface area contributed by atoms with Crippen LogP contribution in [0.4, 0.5) is 10.1 Å². The molecule has 0 bridgehead atoms. The number of piperazine rings is 1. The summed E-state index contributed by atoms with van der Waals surface area (Å²) in [6, 6.07) is 4.97. The van der Waals surface area contributed by atoms with Crippen LogP contribution in [0.25, 0.3) is 0 Å². The molecule has 1 saturated carbocycles. The Labute approximate surface area is 120 Å². The highest BCUT2D eigenvalue weighted by Gasteiger charge is 2.28. The molecule has 1 heterocycles. The monoisotopic (exact) mass is 278 g/mol. The molecule has 4 heteroatoms. The maximum absolute atomic E-state index is 14.1. The molecular weight excluding hydrogens is 255 g/mol. The molecule has 0 spiro atoms. The standard InChI is InChI=1S/C16H23FN2O/c1-12(20)14-3-2-4-15(17)16(14)19-9-7-18(8-10-19)11-13-5-6-13/h2-4,12-13,20H,5-11H2,1H3/t12-/m0/s1. The Bertz CT molecular complexity index is 466. The Morgan fingerprint density at radius 1 is 1.25 bits per heavy atom. The average molecular weight is 278 g/mol. The predicted octanol–water partition coefficient (Wildman–Crippen LogP) is 2.41. The zero-order chi connectivity index (χ0) is 14.1. The van der Waals surface area contributed by atoms with Gasteiger partial charge in [0.05, 0.1) is 11.8 Å². The second-order valence-corrected chi connectivity index (χ2v) is 6.08. The summed E-state index contributed by atoms with van der Waals surface area (Å²) in [5, 5.41) is 9.84. The topological polar surface area (TPSA) is 26.7 Å². The van der Waals surface area contributed by atoms with Gasteiger partial charge in [0, 0.05) is 38.3 Å². The van der Waals surface area contributed by atoms with Gasteiger partial charge >= 0.3 is 0 Å². The number of para-hydroxylation sites is 1. The Morgan fingerprint density at radius 2 is 1.95 bits per heavy atom. The lowest BCUT2D eigenvalue weighted by molar-refractivity contribution is 0.198.